The van der Waals surface area contributed by atoms with Crippen LogP contribution in [0.25, 0.3) is 5.69 Å². The standard InChI is InChI=1S/C26H23FN6O3/c27-20-8-7-19(12-17(20)15-28)33-23(14-21(30-33)25(29)35)26(36)32-11-9-16-5-6-18(13-22(16)32)31-10-3-1-2-4-24(31)34/h5-8,12-14H,1-4,9-11H2,(H2,29,35). The van der Waals surface area contributed by atoms with E-state index >= 15 is 0 Å². The molecule has 5 rings (SSSR count). The predicted molar refractivity (Wildman–Crippen MR) is 129 cm³/mol. The molecule has 182 valence electrons. The van der Waals surface area contributed by atoms with E-state index in [4.69, 9.17) is 5.73 Å². The first-order valence-corrected chi connectivity index (χ1v) is 11.7. The van der Waals surface area contributed by atoms with Gasteiger partial charge >= 0.3 is 0 Å². The molecule has 3 heterocycles. The van der Waals surface area contributed by atoms with Crippen LogP contribution in [0.4, 0.5) is 15.8 Å². The summed E-state index contributed by atoms with van der Waals surface area (Å²) in [4.78, 5) is 41.6. The third-order valence-electron chi connectivity index (χ3n) is 6.59. The van der Waals surface area contributed by atoms with Crippen LogP contribution >= 0.6 is 0 Å². The van der Waals surface area contributed by atoms with Crippen molar-refractivity contribution in [1.29, 1.82) is 5.26 Å². The molecule has 0 bridgehead atoms. The van der Waals surface area contributed by atoms with Crippen LogP contribution in [0.2, 0.25) is 0 Å². The molecule has 2 aromatic carbocycles. The number of fused-ring (bicyclic) bond motifs is 1. The van der Waals surface area contributed by atoms with Gasteiger partial charge in [-0.3, -0.25) is 14.4 Å². The molecule has 0 spiro atoms. The SMILES string of the molecule is N#Cc1cc(-n2nc(C(N)=O)cc2C(=O)N2CCc3ccc(N4CCCCCC4=O)cc32)ccc1F. The second kappa shape index (κ2) is 9.26. The van der Waals surface area contributed by atoms with Crippen molar-refractivity contribution < 1.29 is 18.8 Å². The van der Waals surface area contributed by atoms with E-state index in [1.54, 1.807) is 15.9 Å². The molecule has 1 aromatic heterocycles. The van der Waals surface area contributed by atoms with E-state index in [-0.39, 0.29) is 28.5 Å². The second-order valence-electron chi connectivity index (χ2n) is 8.84. The van der Waals surface area contributed by atoms with Crippen LogP contribution in [0.1, 0.15) is 57.8 Å². The first-order valence-electron chi connectivity index (χ1n) is 11.7. The van der Waals surface area contributed by atoms with Crippen molar-refractivity contribution in [3.05, 3.63) is 70.8 Å². The number of carbonyl (C=O) groups excluding carboxylic acids is 3. The Morgan fingerprint density at radius 2 is 1.81 bits per heavy atom. The maximum Gasteiger partial charge on any atom is 0.277 e. The van der Waals surface area contributed by atoms with Crippen LogP contribution in [0, 0.1) is 17.1 Å². The average molecular weight is 487 g/mol. The maximum atomic E-state index is 13.9. The fraction of sp³-hybridized carbons (Fsp3) is 0.269. The molecule has 0 unspecified atom stereocenters. The number of rotatable bonds is 4. The molecule has 2 N–H and O–H groups in total. The van der Waals surface area contributed by atoms with E-state index in [0.29, 0.717) is 31.6 Å². The lowest BCUT2D eigenvalue weighted by molar-refractivity contribution is -0.118. The monoisotopic (exact) mass is 486 g/mol. The largest absolute Gasteiger partial charge is 0.364 e. The Kier molecular flexibility index (Phi) is 5.98. The molecule has 0 saturated carbocycles. The van der Waals surface area contributed by atoms with Gasteiger partial charge in [-0.05, 0) is 55.2 Å². The highest BCUT2D eigenvalue weighted by molar-refractivity contribution is 6.08. The highest BCUT2D eigenvalue weighted by Crippen LogP contribution is 2.34. The second-order valence-corrected chi connectivity index (χ2v) is 8.84. The van der Waals surface area contributed by atoms with Crippen LogP contribution in [0.15, 0.2) is 42.5 Å². The van der Waals surface area contributed by atoms with Crippen molar-refractivity contribution in [3.63, 3.8) is 0 Å². The number of halogens is 1. The van der Waals surface area contributed by atoms with E-state index in [1.807, 2.05) is 18.2 Å². The summed E-state index contributed by atoms with van der Waals surface area (Å²) in [6.45, 7) is 1.03. The number of nitrogens with zero attached hydrogens (tertiary/aromatic N) is 5. The number of anilines is 2. The molecule has 2 aliphatic rings. The Balaban J connectivity index is 1.54. The van der Waals surface area contributed by atoms with E-state index in [2.05, 4.69) is 5.10 Å². The molecule has 0 radical (unpaired) electrons. The van der Waals surface area contributed by atoms with E-state index in [1.165, 1.54) is 22.9 Å². The lowest BCUT2D eigenvalue weighted by Gasteiger charge is -2.23. The summed E-state index contributed by atoms with van der Waals surface area (Å²) >= 11 is 0. The number of primary amides is 1. The van der Waals surface area contributed by atoms with Gasteiger partial charge in [-0.1, -0.05) is 12.5 Å². The van der Waals surface area contributed by atoms with Gasteiger partial charge in [-0.2, -0.15) is 10.4 Å². The molecular formula is C26H23FN6O3. The number of carbonyl (C=O) groups is 3. The predicted octanol–water partition coefficient (Wildman–Crippen LogP) is 3.09. The van der Waals surface area contributed by atoms with Gasteiger partial charge < -0.3 is 15.5 Å². The van der Waals surface area contributed by atoms with Gasteiger partial charge in [0.2, 0.25) is 5.91 Å². The van der Waals surface area contributed by atoms with Crippen LogP contribution in [-0.2, 0) is 11.2 Å². The average Bonchev–Trinajstić information content (AvgIpc) is 3.45. The molecule has 36 heavy (non-hydrogen) atoms. The molecule has 0 atom stereocenters. The summed E-state index contributed by atoms with van der Waals surface area (Å²) in [6, 6.07) is 12.5. The van der Waals surface area contributed by atoms with Crippen molar-refractivity contribution in [2.75, 3.05) is 22.9 Å². The summed E-state index contributed by atoms with van der Waals surface area (Å²) < 4.78 is 15.1. The third kappa shape index (κ3) is 4.09. The van der Waals surface area contributed by atoms with Crippen LogP contribution in [0.3, 0.4) is 0 Å². The van der Waals surface area contributed by atoms with Crippen molar-refractivity contribution in [2.45, 2.75) is 32.1 Å². The number of benzene rings is 2. The molecule has 3 amide bonds. The topological polar surface area (TPSA) is 125 Å². The molecule has 3 aromatic rings. The van der Waals surface area contributed by atoms with Crippen molar-refractivity contribution in [2.24, 2.45) is 5.73 Å². The Morgan fingerprint density at radius 1 is 1.00 bits per heavy atom. The molecule has 1 saturated heterocycles. The van der Waals surface area contributed by atoms with Gasteiger partial charge in [-0.25, -0.2) is 9.07 Å². The molecule has 1 fully saturated rings. The zero-order valence-corrected chi connectivity index (χ0v) is 19.4. The smallest absolute Gasteiger partial charge is 0.277 e. The first kappa shape index (κ1) is 23.2. The fourth-order valence-corrected chi connectivity index (χ4v) is 4.72. The number of hydrogen-bond donors (Lipinski definition) is 1. The number of nitrogens with two attached hydrogens (primary N) is 1. The number of amides is 3. The van der Waals surface area contributed by atoms with E-state index < -0.39 is 17.6 Å². The molecule has 10 heteroatoms. The van der Waals surface area contributed by atoms with Crippen LogP contribution in [-0.4, -0.2) is 40.6 Å². The van der Waals surface area contributed by atoms with Gasteiger partial charge in [0.05, 0.1) is 11.3 Å². The first-order chi connectivity index (χ1) is 17.4. The maximum absolute atomic E-state index is 13.9. The zero-order chi connectivity index (χ0) is 25.4. The number of aromatic nitrogens is 2. The van der Waals surface area contributed by atoms with Gasteiger partial charge in [0.25, 0.3) is 11.8 Å². The number of hydrogen-bond acceptors (Lipinski definition) is 5. The molecular weight excluding hydrogens is 463 g/mol. The van der Waals surface area contributed by atoms with Crippen molar-refractivity contribution in [3.8, 4) is 11.8 Å². The van der Waals surface area contributed by atoms with Crippen molar-refractivity contribution in [1.82, 2.24) is 9.78 Å². The summed E-state index contributed by atoms with van der Waals surface area (Å²) in [5, 5.41) is 13.4. The molecule has 0 aliphatic carbocycles. The summed E-state index contributed by atoms with van der Waals surface area (Å²) in [5.41, 5.74) is 7.74. The summed E-state index contributed by atoms with van der Waals surface area (Å²) in [6.07, 6.45) is 3.91. The minimum Gasteiger partial charge on any atom is -0.364 e. The molecule has 2 aliphatic heterocycles. The van der Waals surface area contributed by atoms with Gasteiger partial charge in [0.1, 0.15) is 17.6 Å². The van der Waals surface area contributed by atoms with Crippen molar-refractivity contribution >= 4 is 29.1 Å². The van der Waals surface area contributed by atoms with Crippen LogP contribution in [0.5, 0.6) is 0 Å². The lowest BCUT2D eigenvalue weighted by Crippen LogP contribution is -2.32. The highest BCUT2D eigenvalue weighted by Gasteiger charge is 2.31. The highest BCUT2D eigenvalue weighted by atomic mass is 19.1. The zero-order valence-electron chi connectivity index (χ0n) is 19.4. The quantitative estimate of drug-likeness (QED) is 0.607. The minimum absolute atomic E-state index is 0.0448. The van der Waals surface area contributed by atoms with E-state index in [0.717, 1.165) is 36.6 Å². The molecule has 9 nitrogen and oxygen atoms in total. The normalized spacial score (nSPS) is 15.4. The van der Waals surface area contributed by atoms with Crippen LogP contribution < -0.4 is 15.5 Å². The van der Waals surface area contributed by atoms with Gasteiger partial charge in [-0.15, -0.1) is 0 Å². The number of nitriles is 1. The van der Waals surface area contributed by atoms with E-state index in [9.17, 15) is 24.0 Å². The Morgan fingerprint density at radius 3 is 2.58 bits per heavy atom. The Bertz CT molecular complexity index is 1440. The Labute approximate surface area is 206 Å². The minimum atomic E-state index is -0.825. The Hall–Kier alpha value is -4.52. The third-order valence-corrected chi connectivity index (χ3v) is 6.59. The van der Waals surface area contributed by atoms with Gasteiger partial charge in [0, 0.05) is 37.0 Å². The fourth-order valence-electron chi connectivity index (χ4n) is 4.72. The van der Waals surface area contributed by atoms with Gasteiger partial charge in [0.15, 0.2) is 5.69 Å². The lowest BCUT2D eigenvalue weighted by atomic mass is 10.1. The summed E-state index contributed by atoms with van der Waals surface area (Å²) in [7, 11) is 0. The summed E-state index contributed by atoms with van der Waals surface area (Å²) in [5.74, 6) is -1.90.